The third-order valence-electron chi connectivity index (χ3n) is 3.57. The second kappa shape index (κ2) is 6.76. The van der Waals surface area contributed by atoms with E-state index in [-0.39, 0.29) is 5.91 Å². The molecule has 3 rings (SSSR count). The Kier molecular flexibility index (Phi) is 4.55. The molecule has 0 aliphatic carbocycles. The number of carbonyl (C=O) groups is 1. The summed E-state index contributed by atoms with van der Waals surface area (Å²) < 4.78 is 0. The Morgan fingerprint density at radius 1 is 1.10 bits per heavy atom. The van der Waals surface area contributed by atoms with Crippen molar-refractivity contribution in [3.63, 3.8) is 0 Å². The Labute approximate surface area is 129 Å². The van der Waals surface area contributed by atoms with Crippen molar-refractivity contribution in [2.75, 3.05) is 13.1 Å². The number of piperidine rings is 1. The van der Waals surface area contributed by atoms with Crippen LogP contribution in [-0.2, 0) is 4.79 Å². The summed E-state index contributed by atoms with van der Waals surface area (Å²) in [5.74, 6) is -0.113. The quantitative estimate of drug-likeness (QED) is 0.780. The van der Waals surface area contributed by atoms with Gasteiger partial charge in [0.05, 0.1) is 4.91 Å². The normalized spacial score (nSPS) is 21.3. The number of hydrogen-bond acceptors (Lipinski definition) is 3. The van der Waals surface area contributed by atoms with Crippen molar-refractivity contribution in [1.29, 1.82) is 0 Å². The SMILES string of the molecule is O=C1N=C(N2CCCCC2)SC1=CC=Cc1ccccc1. The predicted molar refractivity (Wildman–Crippen MR) is 89.0 cm³/mol. The molecule has 0 atom stereocenters. The van der Waals surface area contributed by atoms with Gasteiger partial charge in [0.2, 0.25) is 0 Å². The van der Waals surface area contributed by atoms with Crippen LogP contribution < -0.4 is 0 Å². The molecule has 1 fully saturated rings. The van der Waals surface area contributed by atoms with Crippen molar-refractivity contribution in [3.8, 4) is 0 Å². The van der Waals surface area contributed by atoms with Gasteiger partial charge in [0, 0.05) is 13.1 Å². The highest BCUT2D eigenvalue weighted by Crippen LogP contribution is 2.29. The van der Waals surface area contributed by atoms with E-state index in [0.717, 1.165) is 23.8 Å². The Bertz CT molecular complexity index is 598. The number of hydrogen-bond donors (Lipinski definition) is 0. The van der Waals surface area contributed by atoms with Gasteiger partial charge in [-0.2, -0.15) is 4.99 Å². The highest BCUT2D eigenvalue weighted by molar-refractivity contribution is 8.18. The molecule has 1 saturated heterocycles. The van der Waals surface area contributed by atoms with Gasteiger partial charge in [0.1, 0.15) is 0 Å². The highest BCUT2D eigenvalue weighted by Gasteiger charge is 2.26. The van der Waals surface area contributed by atoms with Crippen LogP contribution in [0.5, 0.6) is 0 Å². The van der Waals surface area contributed by atoms with Gasteiger partial charge in [0.25, 0.3) is 5.91 Å². The lowest BCUT2D eigenvalue weighted by molar-refractivity contribution is -0.113. The molecule has 2 aliphatic rings. The molecular formula is C17H18N2OS. The van der Waals surface area contributed by atoms with E-state index in [1.165, 1.54) is 31.0 Å². The number of carbonyl (C=O) groups excluding carboxylic acids is 1. The first-order chi connectivity index (χ1) is 10.3. The van der Waals surface area contributed by atoms with Crippen LogP contribution in [0.25, 0.3) is 6.08 Å². The van der Waals surface area contributed by atoms with Gasteiger partial charge in [-0.1, -0.05) is 42.5 Å². The number of allylic oxidation sites excluding steroid dienone is 2. The van der Waals surface area contributed by atoms with Gasteiger partial charge >= 0.3 is 0 Å². The van der Waals surface area contributed by atoms with Crippen LogP contribution in [0.2, 0.25) is 0 Å². The molecule has 2 heterocycles. The van der Waals surface area contributed by atoms with Crippen LogP contribution >= 0.6 is 11.8 Å². The van der Waals surface area contributed by atoms with Crippen molar-refractivity contribution in [1.82, 2.24) is 4.90 Å². The minimum Gasteiger partial charge on any atom is -0.351 e. The van der Waals surface area contributed by atoms with E-state index < -0.39 is 0 Å². The molecule has 4 heteroatoms. The van der Waals surface area contributed by atoms with Gasteiger partial charge in [-0.3, -0.25) is 4.79 Å². The summed E-state index contributed by atoms with van der Waals surface area (Å²) in [6.45, 7) is 2.04. The van der Waals surface area contributed by atoms with Crippen LogP contribution in [0.3, 0.4) is 0 Å². The standard InChI is InChI=1S/C17H18N2OS/c20-16-15(11-7-10-14-8-3-1-4-9-14)21-17(18-16)19-12-5-2-6-13-19/h1,3-4,7-11H,2,5-6,12-13H2. The number of amides is 1. The highest BCUT2D eigenvalue weighted by atomic mass is 32.2. The van der Waals surface area contributed by atoms with Crippen molar-refractivity contribution in [2.45, 2.75) is 19.3 Å². The summed E-state index contributed by atoms with van der Waals surface area (Å²) >= 11 is 1.50. The second-order valence-corrected chi connectivity index (χ2v) is 6.16. The number of likely N-dealkylation sites (tertiary alicyclic amines) is 1. The van der Waals surface area contributed by atoms with Crippen molar-refractivity contribution in [3.05, 3.63) is 53.0 Å². The van der Waals surface area contributed by atoms with Crippen LogP contribution in [0.1, 0.15) is 24.8 Å². The molecule has 1 aromatic carbocycles. The van der Waals surface area contributed by atoms with Crippen molar-refractivity contribution in [2.24, 2.45) is 4.99 Å². The zero-order valence-corrected chi connectivity index (χ0v) is 12.7. The summed E-state index contributed by atoms with van der Waals surface area (Å²) in [6.07, 6.45) is 9.46. The molecule has 108 valence electrons. The molecular weight excluding hydrogens is 280 g/mol. The maximum absolute atomic E-state index is 11.9. The number of amidine groups is 1. The fourth-order valence-corrected chi connectivity index (χ4v) is 3.36. The lowest BCUT2D eigenvalue weighted by Crippen LogP contribution is -2.33. The molecule has 2 aliphatic heterocycles. The molecule has 0 bridgehead atoms. The number of aliphatic imine (C=N–C) groups is 1. The molecule has 0 N–H and O–H groups in total. The minimum absolute atomic E-state index is 0.113. The Balaban J connectivity index is 1.64. The molecule has 0 aromatic heterocycles. The smallest absolute Gasteiger partial charge is 0.286 e. The lowest BCUT2D eigenvalue weighted by atomic mass is 10.1. The molecule has 21 heavy (non-hydrogen) atoms. The third kappa shape index (κ3) is 3.64. The number of thioether (sulfide) groups is 1. The van der Waals surface area contributed by atoms with E-state index in [4.69, 9.17) is 0 Å². The van der Waals surface area contributed by atoms with Crippen LogP contribution in [0, 0.1) is 0 Å². The Morgan fingerprint density at radius 3 is 2.62 bits per heavy atom. The first-order valence-corrected chi connectivity index (χ1v) is 8.14. The van der Waals surface area contributed by atoms with E-state index in [9.17, 15) is 4.79 Å². The summed E-state index contributed by atoms with van der Waals surface area (Å²) in [6, 6.07) is 10.1. The second-order valence-electron chi connectivity index (χ2n) is 5.15. The Morgan fingerprint density at radius 2 is 1.86 bits per heavy atom. The minimum atomic E-state index is -0.113. The average Bonchev–Trinajstić information content (AvgIpc) is 2.91. The summed E-state index contributed by atoms with van der Waals surface area (Å²) in [4.78, 5) is 19.1. The average molecular weight is 298 g/mol. The molecule has 0 unspecified atom stereocenters. The van der Waals surface area contributed by atoms with E-state index in [1.807, 2.05) is 48.6 Å². The zero-order chi connectivity index (χ0) is 14.5. The molecule has 0 radical (unpaired) electrons. The Hall–Kier alpha value is -1.81. The number of rotatable bonds is 2. The van der Waals surface area contributed by atoms with Crippen molar-refractivity contribution >= 4 is 28.9 Å². The maximum Gasteiger partial charge on any atom is 0.286 e. The lowest BCUT2D eigenvalue weighted by Gasteiger charge is -2.27. The topological polar surface area (TPSA) is 32.7 Å². The molecule has 3 nitrogen and oxygen atoms in total. The van der Waals surface area contributed by atoms with E-state index in [1.54, 1.807) is 0 Å². The van der Waals surface area contributed by atoms with Gasteiger partial charge < -0.3 is 4.90 Å². The van der Waals surface area contributed by atoms with Gasteiger partial charge in [-0.05, 0) is 42.7 Å². The van der Waals surface area contributed by atoms with Crippen LogP contribution in [0.15, 0.2) is 52.4 Å². The summed E-state index contributed by atoms with van der Waals surface area (Å²) in [7, 11) is 0. The number of benzene rings is 1. The first-order valence-electron chi connectivity index (χ1n) is 7.32. The van der Waals surface area contributed by atoms with Gasteiger partial charge in [-0.15, -0.1) is 0 Å². The monoisotopic (exact) mass is 298 g/mol. The van der Waals surface area contributed by atoms with Crippen molar-refractivity contribution < 1.29 is 4.79 Å². The summed E-state index contributed by atoms with van der Waals surface area (Å²) in [5.41, 5.74) is 1.13. The third-order valence-corrected chi connectivity index (χ3v) is 4.63. The molecule has 1 amide bonds. The molecule has 0 spiro atoms. The fraction of sp³-hybridized carbons (Fsp3) is 0.294. The van der Waals surface area contributed by atoms with Gasteiger partial charge in [0.15, 0.2) is 5.17 Å². The molecule has 0 saturated carbocycles. The molecule has 1 aromatic rings. The fourth-order valence-electron chi connectivity index (χ4n) is 2.44. The van der Waals surface area contributed by atoms with E-state index in [2.05, 4.69) is 9.89 Å². The zero-order valence-electron chi connectivity index (χ0n) is 11.9. The predicted octanol–water partition coefficient (Wildman–Crippen LogP) is 3.70. The maximum atomic E-state index is 11.9. The first kappa shape index (κ1) is 14.1. The largest absolute Gasteiger partial charge is 0.351 e. The number of nitrogens with zero attached hydrogens (tertiary/aromatic N) is 2. The van der Waals surface area contributed by atoms with E-state index in [0.29, 0.717) is 4.91 Å². The van der Waals surface area contributed by atoms with E-state index >= 15 is 0 Å². The summed E-state index contributed by atoms with van der Waals surface area (Å²) in [5, 5.41) is 0.874. The van der Waals surface area contributed by atoms with Crippen LogP contribution in [-0.4, -0.2) is 29.1 Å². The van der Waals surface area contributed by atoms with Gasteiger partial charge in [-0.25, -0.2) is 0 Å². The van der Waals surface area contributed by atoms with Crippen LogP contribution in [0.4, 0.5) is 0 Å².